The van der Waals surface area contributed by atoms with Crippen LogP contribution in [0.25, 0.3) is 0 Å². The zero-order chi connectivity index (χ0) is 19.4. The topological polar surface area (TPSA) is 51.2 Å². The molecule has 0 amide bonds. The molecular formula is C21H26FNO4. The Kier molecular flexibility index (Phi) is 6.31. The van der Waals surface area contributed by atoms with Gasteiger partial charge < -0.3 is 19.3 Å². The summed E-state index contributed by atoms with van der Waals surface area (Å²) in [6.45, 7) is 3.42. The summed E-state index contributed by atoms with van der Waals surface area (Å²) in [4.78, 5) is 2.20. The van der Waals surface area contributed by atoms with E-state index in [0.29, 0.717) is 36.8 Å². The highest BCUT2D eigenvalue weighted by Crippen LogP contribution is 2.36. The number of aliphatic hydroxyl groups excluding tert-OH is 1. The Labute approximate surface area is 159 Å². The first-order valence-corrected chi connectivity index (χ1v) is 9.00. The Morgan fingerprint density at radius 1 is 1.15 bits per heavy atom. The Bertz CT molecular complexity index is 783. The van der Waals surface area contributed by atoms with Crippen molar-refractivity contribution in [3.05, 3.63) is 58.9 Å². The molecule has 0 aromatic heterocycles. The third-order valence-electron chi connectivity index (χ3n) is 5.01. The van der Waals surface area contributed by atoms with Gasteiger partial charge >= 0.3 is 0 Å². The number of ether oxygens (including phenoxy) is 3. The number of hydrogen-bond acceptors (Lipinski definition) is 5. The minimum absolute atomic E-state index is 0.0994. The fraction of sp³-hybridized carbons (Fsp3) is 0.429. The summed E-state index contributed by atoms with van der Waals surface area (Å²) >= 11 is 0. The van der Waals surface area contributed by atoms with E-state index in [1.807, 2.05) is 24.3 Å². The Morgan fingerprint density at radius 3 is 2.59 bits per heavy atom. The highest BCUT2D eigenvalue weighted by molar-refractivity contribution is 5.44. The van der Waals surface area contributed by atoms with Gasteiger partial charge in [0.25, 0.3) is 0 Å². The monoisotopic (exact) mass is 375 g/mol. The standard InChI is InChI=1S/C21H26FNO4/c1-14-4-5-15(10-17(14)22)12-23-8-9-27-20(13-24)21(23)16-6-7-18(25-2)19(11-16)26-3/h4-7,10-11,20-21,24H,8-9,12-13H2,1-3H3/t20-,21-/m1/s1. The van der Waals surface area contributed by atoms with E-state index in [1.165, 1.54) is 0 Å². The maximum absolute atomic E-state index is 14.0. The van der Waals surface area contributed by atoms with Crippen LogP contribution in [0.15, 0.2) is 36.4 Å². The second-order valence-electron chi connectivity index (χ2n) is 6.71. The normalized spacial score (nSPS) is 20.5. The Hall–Kier alpha value is -2.15. The van der Waals surface area contributed by atoms with Gasteiger partial charge in [0.05, 0.1) is 33.5 Å². The number of aliphatic hydroxyl groups is 1. The van der Waals surface area contributed by atoms with Gasteiger partial charge in [0, 0.05) is 13.1 Å². The molecule has 1 aliphatic heterocycles. The smallest absolute Gasteiger partial charge is 0.161 e. The number of nitrogens with zero attached hydrogens (tertiary/aromatic N) is 1. The Morgan fingerprint density at radius 2 is 1.93 bits per heavy atom. The molecule has 2 aromatic carbocycles. The van der Waals surface area contributed by atoms with E-state index >= 15 is 0 Å². The Balaban J connectivity index is 1.93. The van der Waals surface area contributed by atoms with Crippen LogP contribution in [0, 0.1) is 12.7 Å². The van der Waals surface area contributed by atoms with E-state index in [-0.39, 0.29) is 24.6 Å². The van der Waals surface area contributed by atoms with Gasteiger partial charge in [-0.3, -0.25) is 4.90 Å². The number of morpholine rings is 1. The lowest BCUT2D eigenvalue weighted by atomic mass is 9.97. The van der Waals surface area contributed by atoms with Crippen LogP contribution in [0.1, 0.15) is 22.7 Å². The van der Waals surface area contributed by atoms with Crippen molar-refractivity contribution in [2.24, 2.45) is 0 Å². The molecule has 146 valence electrons. The minimum atomic E-state index is -0.368. The van der Waals surface area contributed by atoms with E-state index in [1.54, 1.807) is 33.3 Å². The molecule has 0 unspecified atom stereocenters. The third-order valence-corrected chi connectivity index (χ3v) is 5.01. The molecule has 2 atom stereocenters. The van der Waals surface area contributed by atoms with E-state index in [0.717, 1.165) is 11.1 Å². The number of hydrogen-bond donors (Lipinski definition) is 1. The molecule has 1 saturated heterocycles. The van der Waals surface area contributed by atoms with Crippen LogP contribution in [-0.4, -0.2) is 50.1 Å². The molecule has 1 aliphatic rings. The number of halogens is 1. The van der Waals surface area contributed by atoms with Crippen molar-refractivity contribution >= 4 is 0 Å². The molecule has 0 saturated carbocycles. The van der Waals surface area contributed by atoms with Gasteiger partial charge in [-0.15, -0.1) is 0 Å². The van der Waals surface area contributed by atoms with E-state index < -0.39 is 0 Å². The van der Waals surface area contributed by atoms with Crippen LogP contribution in [0.3, 0.4) is 0 Å². The highest BCUT2D eigenvalue weighted by Gasteiger charge is 2.33. The van der Waals surface area contributed by atoms with Crippen molar-refractivity contribution in [3.8, 4) is 11.5 Å². The molecule has 27 heavy (non-hydrogen) atoms. The van der Waals surface area contributed by atoms with Crippen molar-refractivity contribution in [3.63, 3.8) is 0 Å². The molecule has 1 heterocycles. The predicted octanol–water partition coefficient (Wildman–Crippen LogP) is 3.09. The lowest BCUT2D eigenvalue weighted by molar-refractivity contribution is -0.0961. The molecule has 0 bridgehead atoms. The average molecular weight is 375 g/mol. The van der Waals surface area contributed by atoms with Gasteiger partial charge in [-0.25, -0.2) is 4.39 Å². The molecule has 2 aromatic rings. The summed E-state index contributed by atoms with van der Waals surface area (Å²) in [7, 11) is 3.19. The summed E-state index contributed by atoms with van der Waals surface area (Å²) in [6, 6.07) is 10.8. The zero-order valence-corrected chi connectivity index (χ0v) is 15.9. The van der Waals surface area contributed by atoms with Crippen LogP contribution in [0.5, 0.6) is 11.5 Å². The number of rotatable bonds is 6. The van der Waals surface area contributed by atoms with Gasteiger partial charge in [-0.05, 0) is 41.8 Å². The second kappa shape index (κ2) is 8.69. The van der Waals surface area contributed by atoms with Crippen LogP contribution < -0.4 is 9.47 Å². The molecule has 5 nitrogen and oxygen atoms in total. The van der Waals surface area contributed by atoms with Crippen LogP contribution in [0.2, 0.25) is 0 Å². The lowest BCUT2D eigenvalue weighted by Gasteiger charge is -2.41. The van der Waals surface area contributed by atoms with Gasteiger partial charge in [0.15, 0.2) is 11.5 Å². The number of aryl methyl sites for hydroxylation is 1. The number of methoxy groups -OCH3 is 2. The maximum Gasteiger partial charge on any atom is 0.161 e. The first kappa shape index (κ1) is 19.6. The van der Waals surface area contributed by atoms with Crippen molar-refractivity contribution in [1.29, 1.82) is 0 Å². The summed E-state index contributed by atoms with van der Waals surface area (Å²) < 4.78 is 30.5. The molecule has 6 heteroatoms. The first-order chi connectivity index (χ1) is 13.1. The van der Waals surface area contributed by atoms with Crippen molar-refractivity contribution in [2.45, 2.75) is 25.6 Å². The van der Waals surface area contributed by atoms with Crippen LogP contribution in [0.4, 0.5) is 4.39 Å². The summed E-state index contributed by atoms with van der Waals surface area (Å²) in [6.07, 6.45) is -0.368. The molecule has 0 aliphatic carbocycles. The zero-order valence-electron chi connectivity index (χ0n) is 15.9. The molecule has 3 rings (SSSR count). The highest BCUT2D eigenvalue weighted by atomic mass is 19.1. The summed E-state index contributed by atoms with van der Waals surface area (Å²) in [5, 5.41) is 9.85. The van der Waals surface area contributed by atoms with E-state index in [2.05, 4.69) is 4.90 Å². The average Bonchev–Trinajstić information content (AvgIpc) is 2.70. The van der Waals surface area contributed by atoms with Crippen molar-refractivity contribution in [1.82, 2.24) is 4.90 Å². The van der Waals surface area contributed by atoms with Gasteiger partial charge in [0.2, 0.25) is 0 Å². The molecule has 0 spiro atoms. The summed E-state index contributed by atoms with van der Waals surface area (Å²) in [5.41, 5.74) is 2.48. The van der Waals surface area contributed by atoms with Gasteiger partial charge in [0.1, 0.15) is 11.9 Å². The summed E-state index contributed by atoms with van der Waals surface area (Å²) in [5.74, 6) is 1.06. The fourth-order valence-corrected chi connectivity index (χ4v) is 3.55. The van der Waals surface area contributed by atoms with Crippen LogP contribution >= 0.6 is 0 Å². The van der Waals surface area contributed by atoms with Crippen molar-refractivity contribution in [2.75, 3.05) is 34.0 Å². The predicted molar refractivity (Wildman–Crippen MR) is 101 cm³/mol. The second-order valence-corrected chi connectivity index (χ2v) is 6.71. The first-order valence-electron chi connectivity index (χ1n) is 9.00. The third kappa shape index (κ3) is 4.24. The van der Waals surface area contributed by atoms with Crippen molar-refractivity contribution < 1.29 is 23.7 Å². The van der Waals surface area contributed by atoms with Gasteiger partial charge in [-0.2, -0.15) is 0 Å². The van der Waals surface area contributed by atoms with Gasteiger partial charge in [-0.1, -0.05) is 18.2 Å². The van der Waals surface area contributed by atoms with E-state index in [9.17, 15) is 9.50 Å². The molecule has 1 fully saturated rings. The maximum atomic E-state index is 14.0. The lowest BCUT2D eigenvalue weighted by Crippen LogP contribution is -2.46. The molecular weight excluding hydrogens is 349 g/mol. The largest absolute Gasteiger partial charge is 0.493 e. The molecule has 0 radical (unpaired) electrons. The number of benzene rings is 2. The minimum Gasteiger partial charge on any atom is -0.493 e. The molecule has 1 N–H and O–H groups in total. The van der Waals surface area contributed by atoms with Crippen LogP contribution in [-0.2, 0) is 11.3 Å². The SMILES string of the molecule is COc1ccc([C@@H]2[C@@H](CO)OCCN2Cc2ccc(C)c(F)c2)cc1OC. The van der Waals surface area contributed by atoms with E-state index in [4.69, 9.17) is 14.2 Å². The quantitative estimate of drug-likeness (QED) is 0.841. The fourth-order valence-electron chi connectivity index (χ4n) is 3.55.